The molecule has 0 radical (unpaired) electrons. The molecule has 0 aliphatic rings. The molecule has 0 spiro atoms. The summed E-state index contributed by atoms with van der Waals surface area (Å²) in [6, 6.07) is 1.69. The van der Waals surface area contributed by atoms with Gasteiger partial charge in [0, 0.05) is 20.2 Å². The lowest BCUT2D eigenvalue weighted by Crippen LogP contribution is -2.38. The number of hydrogen-bond acceptors (Lipinski definition) is 5. The molecule has 0 amide bonds. The maximum Gasteiger partial charge on any atom is 0.341 e. The molecule has 0 saturated carbocycles. The van der Waals surface area contributed by atoms with Gasteiger partial charge in [-0.25, -0.2) is 4.79 Å². The second-order valence-electron chi connectivity index (χ2n) is 6.05. The Morgan fingerprint density at radius 3 is 2.64 bits per heavy atom. The maximum atomic E-state index is 11.6. The Morgan fingerprint density at radius 2 is 2.08 bits per heavy atom. The topological polar surface area (TPSA) is 85.1 Å². The quantitative estimate of drug-likeness (QED) is 0.403. The molecular weight excluding hydrogens is 322 g/mol. The van der Waals surface area contributed by atoms with Crippen molar-refractivity contribution in [3.05, 3.63) is 23.2 Å². The van der Waals surface area contributed by atoms with Gasteiger partial charge < -0.3 is 24.5 Å². The summed E-state index contributed by atoms with van der Waals surface area (Å²) in [6.45, 7) is 9.97. The second kappa shape index (κ2) is 10.8. The largest absolute Gasteiger partial charge is 0.465 e. The standard InChI is InChI=1S/C18H31N3O4/c1-7-24-16(12(2)3)8-9-20-18(19-5)21-11-14-10-15(13(4)25-14)17(22)23-6/h10,12,16H,7-9,11H2,1-6H3,(H2,19,20,21). The number of hydrogen-bond donors (Lipinski definition) is 2. The van der Waals surface area contributed by atoms with E-state index in [0.29, 0.717) is 35.5 Å². The molecule has 1 heterocycles. The van der Waals surface area contributed by atoms with Gasteiger partial charge in [0.05, 0.1) is 19.8 Å². The predicted octanol–water partition coefficient (Wildman–Crippen LogP) is 2.49. The second-order valence-corrected chi connectivity index (χ2v) is 6.05. The van der Waals surface area contributed by atoms with Crippen LogP contribution in [0, 0.1) is 12.8 Å². The summed E-state index contributed by atoms with van der Waals surface area (Å²) >= 11 is 0. The third-order valence-corrected chi connectivity index (χ3v) is 3.87. The van der Waals surface area contributed by atoms with Gasteiger partial charge in [0.15, 0.2) is 5.96 Å². The van der Waals surface area contributed by atoms with Crippen molar-refractivity contribution in [1.82, 2.24) is 10.6 Å². The number of nitrogens with zero attached hydrogens (tertiary/aromatic N) is 1. The van der Waals surface area contributed by atoms with Gasteiger partial charge >= 0.3 is 5.97 Å². The summed E-state index contributed by atoms with van der Waals surface area (Å²) in [7, 11) is 3.07. The van der Waals surface area contributed by atoms with Crippen LogP contribution in [0.3, 0.4) is 0 Å². The third-order valence-electron chi connectivity index (χ3n) is 3.87. The highest BCUT2D eigenvalue weighted by Gasteiger charge is 2.16. The van der Waals surface area contributed by atoms with Crippen molar-refractivity contribution in [3.8, 4) is 0 Å². The van der Waals surface area contributed by atoms with E-state index in [4.69, 9.17) is 13.9 Å². The minimum absolute atomic E-state index is 0.228. The fourth-order valence-corrected chi connectivity index (χ4v) is 2.49. The molecule has 142 valence electrons. The van der Waals surface area contributed by atoms with E-state index < -0.39 is 5.97 Å². The molecular formula is C18H31N3O4. The van der Waals surface area contributed by atoms with Crippen molar-refractivity contribution in [2.45, 2.75) is 46.8 Å². The molecule has 1 unspecified atom stereocenters. The average Bonchev–Trinajstić information content (AvgIpc) is 2.96. The summed E-state index contributed by atoms with van der Waals surface area (Å²) in [5.74, 6) is 1.94. The first kappa shape index (κ1) is 21.0. The van der Waals surface area contributed by atoms with Crippen LogP contribution in [-0.2, 0) is 16.0 Å². The molecule has 0 aromatic carbocycles. The van der Waals surface area contributed by atoms with Gasteiger partial charge in [0.2, 0.25) is 0 Å². The lowest BCUT2D eigenvalue weighted by atomic mass is 10.0. The van der Waals surface area contributed by atoms with Crippen molar-refractivity contribution >= 4 is 11.9 Å². The van der Waals surface area contributed by atoms with Crippen LogP contribution < -0.4 is 10.6 Å². The number of furan rings is 1. The van der Waals surface area contributed by atoms with Gasteiger partial charge in [-0.1, -0.05) is 13.8 Å². The lowest BCUT2D eigenvalue weighted by molar-refractivity contribution is 0.0258. The summed E-state index contributed by atoms with van der Waals surface area (Å²) in [5.41, 5.74) is 0.443. The van der Waals surface area contributed by atoms with Crippen LogP contribution in [-0.4, -0.2) is 45.3 Å². The number of carbonyl (C=O) groups is 1. The smallest absolute Gasteiger partial charge is 0.341 e. The molecule has 0 aliphatic heterocycles. The van der Waals surface area contributed by atoms with Gasteiger partial charge in [-0.3, -0.25) is 4.99 Å². The zero-order chi connectivity index (χ0) is 18.8. The van der Waals surface area contributed by atoms with E-state index in [0.717, 1.165) is 19.6 Å². The lowest BCUT2D eigenvalue weighted by Gasteiger charge is -2.21. The monoisotopic (exact) mass is 353 g/mol. The number of methoxy groups -OCH3 is 1. The van der Waals surface area contributed by atoms with Crippen LogP contribution in [0.2, 0.25) is 0 Å². The number of carbonyl (C=O) groups excluding carboxylic acids is 1. The highest BCUT2D eigenvalue weighted by Crippen LogP contribution is 2.15. The zero-order valence-electron chi connectivity index (χ0n) is 16.1. The van der Waals surface area contributed by atoms with E-state index >= 15 is 0 Å². The summed E-state index contributed by atoms with van der Waals surface area (Å²) < 4.78 is 16.0. The minimum Gasteiger partial charge on any atom is -0.465 e. The number of nitrogens with one attached hydrogen (secondary N) is 2. The summed E-state index contributed by atoms with van der Waals surface area (Å²) in [5, 5.41) is 6.43. The zero-order valence-corrected chi connectivity index (χ0v) is 16.1. The Balaban J connectivity index is 2.48. The van der Waals surface area contributed by atoms with Gasteiger partial charge in [-0.05, 0) is 32.3 Å². The Bertz CT molecular complexity index is 567. The van der Waals surface area contributed by atoms with Crippen molar-refractivity contribution < 1.29 is 18.7 Å². The SMILES string of the molecule is CCOC(CCNC(=NC)NCc1cc(C(=O)OC)c(C)o1)C(C)C. The van der Waals surface area contributed by atoms with Crippen molar-refractivity contribution in [2.75, 3.05) is 27.3 Å². The van der Waals surface area contributed by atoms with E-state index in [1.807, 2.05) is 6.92 Å². The molecule has 0 saturated heterocycles. The Labute approximate surface area is 150 Å². The normalized spacial score (nSPS) is 13.0. The first-order valence-electron chi connectivity index (χ1n) is 8.66. The van der Waals surface area contributed by atoms with Crippen LogP contribution in [0.15, 0.2) is 15.5 Å². The van der Waals surface area contributed by atoms with Crippen LogP contribution in [0.4, 0.5) is 0 Å². The third kappa shape index (κ3) is 6.78. The van der Waals surface area contributed by atoms with Crippen LogP contribution in [0.1, 0.15) is 49.1 Å². The highest BCUT2D eigenvalue weighted by molar-refractivity contribution is 5.90. The van der Waals surface area contributed by atoms with Gasteiger partial charge in [0.25, 0.3) is 0 Å². The van der Waals surface area contributed by atoms with E-state index in [1.54, 1.807) is 20.0 Å². The molecule has 1 aromatic heterocycles. The van der Waals surface area contributed by atoms with Crippen molar-refractivity contribution in [3.63, 3.8) is 0 Å². The predicted molar refractivity (Wildman–Crippen MR) is 97.9 cm³/mol. The Hall–Kier alpha value is -2.02. The Kier molecular flexibility index (Phi) is 9.05. The van der Waals surface area contributed by atoms with Crippen LogP contribution >= 0.6 is 0 Å². The first-order valence-corrected chi connectivity index (χ1v) is 8.66. The number of esters is 1. The van der Waals surface area contributed by atoms with E-state index in [9.17, 15) is 4.79 Å². The fourth-order valence-electron chi connectivity index (χ4n) is 2.49. The summed E-state index contributed by atoms with van der Waals surface area (Å²) in [4.78, 5) is 15.8. The van der Waals surface area contributed by atoms with Gasteiger partial charge in [0.1, 0.15) is 17.1 Å². The number of aliphatic imine (C=N–C) groups is 1. The fraction of sp³-hybridized carbons (Fsp3) is 0.667. The van der Waals surface area contributed by atoms with Gasteiger partial charge in [-0.15, -0.1) is 0 Å². The molecule has 7 heteroatoms. The van der Waals surface area contributed by atoms with Crippen molar-refractivity contribution in [1.29, 1.82) is 0 Å². The van der Waals surface area contributed by atoms with Crippen LogP contribution in [0.25, 0.3) is 0 Å². The summed E-state index contributed by atoms with van der Waals surface area (Å²) in [6.07, 6.45) is 1.13. The minimum atomic E-state index is -0.398. The molecule has 7 nitrogen and oxygen atoms in total. The molecule has 2 N–H and O–H groups in total. The van der Waals surface area contributed by atoms with E-state index in [1.165, 1.54) is 7.11 Å². The van der Waals surface area contributed by atoms with Crippen LogP contribution in [0.5, 0.6) is 0 Å². The van der Waals surface area contributed by atoms with E-state index in [2.05, 4.69) is 29.5 Å². The molecule has 1 atom stereocenters. The number of ether oxygens (including phenoxy) is 2. The molecule has 0 fully saturated rings. The molecule has 1 rings (SSSR count). The number of rotatable bonds is 9. The molecule has 25 heavy (non-hydrogen) atoms. The average molecular weight is 353 g/mol. The highest BCUT2D eigenvalue weighted by atomic mass is 16.5. The maximum absolute atomic E-state index is 11.6. The van der Waals surface area contributed by atoms with E-state index in [-0.39, 0.29) is 6.10 Å². The van der Waals surface area contributed by atoms with Gasteiger partial charge in [-0.2, -0.15) is 0 Å². The number of aryl methyl sites for hydroxylation is 1. The van der Waals surface area contributed by atoms with Crippen molar-refractivity contribution in [2.24, 2.45) is 10.9 Å². The molecule has 0 bridgehead atoms. The Morgan fingerprint density at radius 1 is 1.36 bits per heavy atom. The molecule has 1 aromatic rings. The first-order chi connectivity index (χ1) is 11.9. The molecule has 0 aliphatic carbocycles. The number of guanidine groups is 1.